The molecule has 6 atom stereocenters. The van der Waals surface area contributed by atoms with Crippen molar-refractivity contribution < 1.29 is 80.2 Å². The predicted molar refractivity (Wildman–Crippen MR) is 414 cm³/mol. The number of carbonyl (C=O) groups is 4. The molecular weight excluding hydrogens is 1320 g/mol. The molecule has 0 radical (unpaired) electrons. The van der Waals surface area contributed by atoms with E-state index in [9.17, 15) is 43.2 Å². The summed E-state index contributed by atoms with van der Waals surface area (Å²) in [6.45, 7) is 9.63. The summed E-state index contributed by atoms with van der Waals surface area (Å²) in [7, 11) is -9.93. The molecular formula is C82H156O17P2. The zero-order valence-electron chi connectivity index (χ0n) is 65.7. The maximum absolute atomic E-state index is 13.1. The first kappa shape index (κ1) is 98.5. The Labute approximate surface area is 618 Å². The van der Waals surface area contributed by atoms with Crippen molar-refractivity contribution in [1.29, 1.82) is 0 Å². The number of hydrogen-bond donors (Lipinski definition) is 3. The van der Waals surface area contributed by atoms with Crippen molar-refractivity contribution in [2.75, 3.05) is 39.6 Å². The Bertz CT molecular complexity index is 2040. The Hall–Kier alpha value is -2.46. The van der Waals surface area contributed by atoms with Crippen LogP contribution in [0, 0.1) is 11.8 Å². The molecule has 101 heavy (non-hydrogen) atoms. The molecule has 0 aromatic rings. The van der Waals surface area contributed by atoms with Gasteiger partial charge in [0.25, 0.3) is 0 Å². The first-order valence-corrected chi connectivity index (χ1v) is 44.8. The summed E-state index contributed by atoms with van der Waals surface area (Å²) in [5.74, 6) is -0.505. The van der Waals surface area contributed by atoms with E-state index >= 15 is 0 Å². The minimum atomic E-state index is -4.97. The number of aliphatic hydroxyl groups excluding tert-OH is 1. The second kappa shape index (κ2) is 73.1. The van der Waals surface area contributed by atoms with Crippen molar-refractivity contribution in [2.45, 2.75) is 426 Å². The largest absolute Gasteiger partial charge is 0.472 e. The van der Waals surface area contributed by atoms with Crippen molar-refractivity contribution in [3.8, 4) is 0 Å². The van der Waals surface area contributed by atoms with Crippen LogP contribution in [0.1, 0.15) is 408 Å². The maximum Gasteiger partial charge on any atom is 0.472 e. The third-order valence-electron chi connectivity index (χ3n) is 18.9. The molecule has 0 aromatic heterocycles. The Kier molecular flexibility index (Phi) is 71.3. The van der Waals surface area contributed by atoms with E-state index in [4.69, 9.17) is 37.0 Å². The van der Waals surface area contributed by atoms with Gasteiger partial charge in [0, 0.05) is 25.7 Å². The number of unbranched alkanes of at least 4 members (excludes halogenated alkanes) is 45. The fourth-order valence-electron chi connectivity index (χ4n) is 12.1. The van der Waals surface area contributed by atoms with Gasteiger partial charge >= 0.3 is 39.5 Å². The number of ether oxygens (including phenoxy) is 4. The van der Waals surface area contributed by atoms with Crippen LogP contribution in [0.25, 0.3) is 0 Å². The summed E-state index contributed by atoms with van der Waals surface area (Å²) in [6, 6.07) is 0. The fraction of sp³-hybridized carbons (Fsp3) is 0.902. The van der Waals surface area contributed by atoms with Crippen LogP contribution in [0.2, 0.25) is 0 Å². The van der Waals surface area contributed by atoms with Crippen LogP contribution in [0.3, 0.4) is 0 Å². The molecule has 0 heterocycles. The van der Waals surface area contributed by atoms with Crippen molar-refractivity contribution >= 4 is 39.5 Å². The van der Waals surface area contributed by atoms with Crippen LogP contribution < -0.4 is 0 Å². The Balaban J connectivity index is 5.24. The lowest BCUT2D eigenvalue weighted by Crippen LogP contribution is -2.30. The number of allylic oxidation sites excluding steroid dienone is 4. The van der Waals surface area contributed by atoms with E-state index in [1.807, 2.05) is 0 Å². The number of esters is 4. The third-order valence-corrected chi connectivity index (χ3v) is 20.8. The zero-order chi connectivity index (χ0) is 74.2. The molecule has 0 spiro atoms. The van der Waals surface area contributed by atoms with E-state index in [1.54, 1.807) is 0 Å². The monoisotopic (exact) mass is 1480 g/mol. The van der Waals surface area contributed by atoms with Crippen molar-refractivity contribution in [2.24, 2.45) is 11.8 Å². The molecule has 17 nitrogen and oxygen atoms in total. The van der Waals surface area contributed by atoms with E-state index in [-0.39, 0.29) is 25.7 Å². The average Bonchev–Trinajstić information content (AvgIpc) is 0.971. The summed E-state index contributed by atoms with van der Waals surface area (Å²) in [5, 5.41) is 10.6. The number of aliphatic hydroxyl groups is 1. The van der Waals surface area contributed by atoms with Gasteiger partial charge in [0.1, 0.15) is 19.3 Å². The molecule has 0 bridgehead atoms. The van der Waals surface area contributed by atoms with E-state index in [0.717, 1.165) is 121 Å². The average molecular weight is 1480 g/mol. The van der Waals surface area contributed by atoms with Gasteiger partial charge in [-0.15, -0.1) is 0 Å². The van der Waals surface area contributed by atoms with Gasteiger partial charge in [-0.3, -0.25) is 37.3 Å². The molecule has 0 aromatic carbocycles. The lowest BCUT2D eigenvalue weighted by molar-refractivity contribution is -0.161. The fourth-order valence-corrected chi connectivity index (χ4v) is 13.7. The van der Waals surface area contributed by atoms with E-state index < -0.39 is 97.5 Å². The van der Waals surface area contributed by atoms with Gasteiger partial charge < -0.3 is 33.8 Å². The summed E-state index contributed by atoms with van der Waals surface area (Å²) in [5.41, 5.74) is 0. The minimum Gasteiger partial charge on any atom is -0.462 e. The number of phosphoric ester groups is 2. The number of rotatable bonds is 79. The number of carbonyl (C=O) groups excluding carboxylic acids is 4. The third kappa shape index (κ3) is 74.2. The molecule has 19 heteroatoms. The van der Waals surface area contributed by atoms with E-state index in [1.165, 1.54) is 205 Å². The van der Waals surface area contributed by atoms with Crippen molar-refractivity contribution in [3.63, 3.8) is 0 Å². The highest BCUT2D eigenvalue weighted by molar-refractivity contribution is 7.47. The number of hydrogen-bond acceptors (Lipinski definition) is 15. The minimum absolute atomic E-state index is 0.102. The molecule has 3 unspecified atom stereocenters. The molecule has 0 saturated heterocycles. The van der Waals surface area contributed by atoms with Crippen LogP contribution in [0.5, 0.6) is 0 Å². The van der Waals surface area contributed by atoms with Gasteiger partial charge in [0.2, 0.25) is 0 Å². The molecule has 3 N–H and O–H groups in total. The van der Waals surface area contributed by atoms with Crippen LogP contribution in [-0.2, 0) is 65.4 Å². The second-order valence-corrected chi connectivity index (χ2v) is 32.5. The molecule has 0 amide bonds. The van der Waals surface area contributed by atoms with E-state index in [0.29, 0.717) is 25.7 Å². The van der Waals surface area contributed by atoms with E-state index in [2.05, 4.69) is 65.8 Å². The van der Waals surface area contributed by atoms with Crippen molar-refractivity contribution in [3.05, 3.63) is 24.3 Å². The quantitative estimate of drug-likeness (QED) is 0.0169. The van der Waals surface area contributed by atoms with Crippen LogP contribution >= 0.6 is 15.6 Å². The van der Waals surface area contributed by atoms with Gasteiger partial charge in [0.15, 0.2) is 12.2 Å². The molecule has 596 valence electrons. The topological polar surface area (TPSA) is 237 Å². The molecule has 0 fully saturated rings. The maximum atomic E-state index is 13.1. The van der Waals surface area contributed by atoms with Crippen LogP contribution in [0.4, 0.5) is 0 Å². The highest BCUT2D eigenvalue weighted by Gasteiger charge is 2.30. The van der Waals surface area contributed by atoms with Crippen LogP contribution in [-0.4, -0.2) is 96.7 Å². The number of phosphoric acid groups is 2. The Morgan fingerprint density at radius 2 is 0.584 bits per heavy atom. The summed E-state index contributed by atoms with van der Waals surface area (Å²) >= 11 is 0. The van der Waals surface area contributed by atoms with Crippen LogP contribution in [0.15, 0.2) is 24.3 Å². The van der Waals surface area contributed by atoms with Gasteiger partial charge in [-0.2, -0.15) is 0 Å². The zero-order valence-corrected chi connectivity index (χ0v) is 67.5. The predicted octanol–water partition coefficient (Wildman–Crippen LogP) is 24.2. The first-order valence-electron chi connectivity index (χ1n) is 41.8. The van der Waals surface area contributed by atoms with Gasteiger partial charge in [0.05, 0.1) is 26.4 Å². The van der Waals surface area contributed by atoms with Gasteiger partial charge in [-0.25, -0.2) is 9.13 Å². The standard InChI is InChI=1S/C82H156O17P2/c1-7-10-12-14-16-18-20-21-26-30-35-41-47-53-59-65-80(85)93-71-78(98-81(86)66-60-54-48-42-36-31-28-25-23-22-24-27-29-34-39-45-51-57-63-75(6)9-3)73-97-101(90,91)95-69-76(83)68-94-100(88,89)96-72-77(70-92-79(84)64-58-52-46-40-19-17-15-13-11-8-2)99-82(87)67-61-55-49-43-37-32-33-38-44-50-56-62-74(4)5/h18,20-21,26,74-78,83H,7-17,19,22-25,27-73H2,1-6H3,(H,88,89)(H,90,91)/b20-18-,26-21-/t75?,76-,77+,78+/m0/s1. The highest BCUT2D eigenvalue weighted by Crippen LogP contribution is 2.45. The van der Waals surface area contributed by atoms with Crippen molar-refractivity contribution in [1.82, 2.24) is 0 Å². The Morgan fingerprint density at radius 3 is 0.891 bits per heavy atom. The molecule has 0 aliphatic rings. The summed E-state index contributed by atoms with van der Waals surface area (Å²) in [6.07, 6.45) is 66.0. The summed E-state index contributed by atoms with van der Waals surface area (Å²) in [4.78, 5) is 73.0. The summed E-state index contributed by atoms with van der Waals surface area (Å²) < 4.78 is 68.7. The first-order chi connectivity index (χ1) is 48.9. The molecule has 0 saturated carbocycles. The highest BCUT2D eigenvalue weighted by atomic mass is 31.2. The Morgan fingerprint density at radius 1 is 0.327 bits per heavy atom. The molecule has 0 aliphatic heterocycles. The smallest absolute Gasteiger partial charge is 0.462 e. The second-order valence-electron chi connectivity index (χ2n) is 29.5. The van der Waals surface area contributed by atoms with Gasteiger partial charge in [-0.05, 0) is 63.2 Å². The molecule has 0 rings (SSSR count). The normalized spacial score (nSPS) is 14.3. The SMILES string of the molecule is CCCCCC/C=C\C=C/CCCCCCCC(=O)OC[C@H](COP(=O)(O)OC[C@@H](O)COP(=O)(O)OC[C@@H](COC(=O)CCCCCCCCCCCC)OC(=O)CCCCCCCCCCCCCC(C)C)OC(=O)CCCCCCCCCCCCCCCCCCCCC(C)CC. The lowest BCUT2D eigenvalue weighted by atomic mass is 9.99. The molecule has 0 aliphatic carbocycles. The lowest BCUT2D eigenvalue weighted by Gasteiger charge is -2.21. The van der Waals surface area contributed by atoms with Gasteiger partial charge in [-0.1, -0.05) is 355 Å².